The molecule has 0 aromatic heterocycles. The Morgan fingerprint density at radius 3 is 2.87 bits per heavy atom. The molecular formula is C12H12BrClO. The number of halogens is 2. The van der Waals surface area contributed by atoms with Gasteiger partial charge in [0.25, 0.3) is 0 Å². The summed E-state index contributed by atoms with van der Waals surface area (Å²) in [5.41, 5.74) is 0.859. The quantitative estimate of drug-likeness (QED) is 0.835. The van der Waals surface area contributed by atoms with Crippen molar-refractivity contribution < 1.29 is 5.11 Å². The van der Waals surface area contributed by atoms with Crippen molar-refractivity contribution in [3.8, 4) is 11.8 Å². The Hall–Kier alpha value is -0.490. The van der Waals surface area contributed by atoms with Crippen LogP contribution in [0.15, 0.2) is 22.7 Å². The molecule has 1 atom stereocenters. The van der Waals surface area contributed by atoms with E-state index in [4.69, 9.17) is 11.6 Å². The van der Waals surface area contributed by atoms with Crippen molar-refractivity contribution in [1.82, 2.24) is 0 Å². The van der Waals surface area contributed by atoms with Crippen LogP contribution in [0.5, 0.6) is 0 Å². The lowest BCUT2D eigenvalue weighted by atomic mass is 10.1. The third kappa shape index (κ3) is 3.87. The summed E-state index contributed by atoms with van der Waals surface area (Å²) in [6, 6.07) is 5.39. The molecule has 0 amide bonds. The Kier molecular flexibility index (Phi) is 5.17. The van der Waals surface area contributed by atoms with Crippen LogP contribution in [0.2, 0.25) is 5.02 Å². The van der Waals surface area contributed by atoms with Gasteiger partial charge in [0, 0.05) is 15.9 Å². The van der Waals surface area contributed by atoms with Crippen molar-refractivity contribution in [2.45, 2.75) is 25.9 Å². The van der Waals surface area contributed by atoms with Gasteiger partial charge in [-0.05, 0) is 31.0 Å². The Morgan fingerprint density at radius 2 is 2.27 bits per heavy atom. The van der Waals surface area contributed by atoms with E-state index in [9.17, 15) is 5.11 Å². The van der Waals surface area contributed by atoms with Crippen LogP contribution in [0, 0.1) is 11.8 Å². The molecule has 1 N–H and O–H groups in total. The summed E-state index contributed by atoms with van der Waals surface area (Å²) >= 11 is 9.19. The summed E-state index contributed by atoms with van der Waals surface area (Å²) in [7, 11) is 0. The van der Waals surface area contributed by atoms with Gasteiger partial charge in [-0.2, -0.15) is 0 Å². The minimum atomic E-state index is -0.488. The maximum absolute atomic E-state index is 9.88. The van der Waals surface area contributed by atoms with Crippen LogP contribution in [0.25, 0.3) is 0 Å². The minimum absolute atomic E-state index is 0.488. The molecule has 0 bridgehead atoms. The van der Waals surface area contributed by atoms with Gasteiger partial charge in [0.2, 0.25) is 0 Å². The van der Waals surface area contributed by atoms with Gasteiger partial charge in [-0.15, -0.1) is 11.8 Å². The molecule has 0 heterocycles. The largest absolute Gasteiger partial charge is 0.388 e. The van der Waals surface area contributed by atoms with Crippen LogP contribution in [-0.4, -0.2) is 5.11 Å². The highest BCUT2D eigenvalue weighted by Crippen LogP contribution is 2.28. The molecule has 0 radical (unpaired) electrons. The maximum Gasteiger partial charge on any atom is 0.0810 e. The Morgan fingerprint density at radius 1 is 1.53 bits per heavy atom. The zero-order valence-electron chi connectivity index (χ0n) is 8.43. The van der Waals surface area contributed by atoms with Crippen LogP contribution in [-0.2, 0) is 0 Å². The van der Waals surface area contributed by atoms with E-state index in [1.807, 2.05) is 6.07 Å². The summed E-state index contributed by atoms with van der Waals surface area (Å²) in [5.74, 6) is 5.73. The Bertz CT molecular complexity index is 392. The molecule has 1 nitrogen and oxygen atoms in total. The summed E-state index contributed by atoms with van der Waals surface area (Å²) in [6.45, 7) is 1.80. The van der Waals surface area contributed by atoms with Gasteiger partial charge >= 0.3 is 0 Å². The normalized spacial score (nSPS) is 11.7. The number of hydrogen-bond acceptors (Lipinski definition) is 1. The molecule has 0 saturated carbocycles. The van der Waals surface area contributed by atoms with Gasteiger partial charge in [-0.25, -0.2) is 0 Å². The first-order valence-electron chi connectivity index (χ1n) is 4.67. The molecule has 0 saturated heterocycles. The first-order chi connectivity index (χ1) is 7.15. The molecular weight excluding hydrogens is 275 g/mol. The van der Waals surface area contributed by atoms with E-state index < -0.39 is 6.10 Å². The second-order valence-electron chi connectivity index (χ2n) is 3.15. The SMILES string of the molecule is CC#CCCC(O)c1ccc(Cl)cc1Br. The van der Waals surface area contributed by atoms with Crippen LogP contribution < -0.4 is 0 Å². The first kappa shape index (κ1) is 12.6. The summed E-state index contributed by atoms with van der Waals surface area (Å²) < 4.78 is 0.840. The average Bonchev–Trinajstić information content (AvgIpc) is 2.17. The van der Waals surface area contributed by atoms with E-state index >= 15 is 0 Å². The van der Waals surface area contributed by atoms with Gasteiger partial charge in [-0.3, -0.25) is 0 Å². The van der Waals surface area contributed by atoms with Crippen LogP contribution in [0.3, 0.4) is 0 Å². The van der Waals surface area contributed by atoms with Crippen LogP contribution in [0.1, 0.15) is 31.4 Å². The number of hydrogen-bond donors (Lipinski definition) is 1. The highest BCUT2D eigenvalue weighted by atomic mass is 79.9. The first-order valence-corrected chi connectivity index (χ1v) is 5.85. The van der Waals surface area contributed by atoms with Gasteiger partial charge in [0.05, 0.1) is 6.10 Å². The molecule has 3 heteroatoms. The topological polar surface area (TPSA) is 20.2 Å². The third-order valence-corrected chi connectivity index (χ3v) is 2.96. The van der Waals surface area contributed by atoms with Crippen molar-refractivity contribution >= 4 is 27.5 Å². The monoisotopic (exact) mass is 286 g/mol. The van der Waals surface area contributed by atoms with Crippen molar-refractivity contribution in [3.63, 3.8) is 0 Å². The fraction of sp³-hybridized carbons (Fsp3) is 0.333. The van der Waals surface area contributed by atoms with E-state index in [-0.39, 0.29) is 0 Å². The lowest BCUT2D eigenvalue weighted by Gasteiger charge is -2.11. The maximum atomic E-state index is 9.88. The zero-order valence-corrected chi connectivity index (χ0v) is 10.8. The van der Waals surface area contributed by atoms with Crippen molar-refractivity contribution in [2.24, 2.45) is 0 Å². The highest BCUT2D eigenvalue weighted by molar-refractivity contribution is 9.10. The molecule has 0 aliphatic rings. The van der Waals surface area contributed by atoms with E-state index in [0.29, 0.717) is 17.9 Å². The van der Waals surface area contributed by atoms with Gasteiger partial charge in [-0.1, -0.05) is 33.6 Å². The van der Waals surface area contributed by atoms with Gasteiger partial charge < -0.3 is 5.11 Å². The summed E-state index contributed by atoms with van der Waals surface area (Å²) in [5, 5.41) is 10.5. The molecule has 0 aliphatic heterocycles. The lowest BCUT2D eigenvalue weighted by Crippen LogP contribution is -1.97. The number of aliphatic hydroxyl groups is 1. The van der Waals surface area contributed by atoms with Crippen LogP contribution >= 0.6 is 27.5 Å². The molecule has 0 aliphatic carbocycles. The molecule has 80 valence electrons. The van der Waals surface area contributed by atoms with E-state index in [1.165, 1.54) is 0 Å². The third-order valence-electron chi connectivity index (χ3n) is 2.04. The summed E-state index contributed by atoms with van der Waals surface area (Å²) in [6.07, 6.45) is 0.853. The lowest BCUT2D eigenvalue weighted by molar-refractivity contribution is 0.168. The predicted molar refractivity (Wildman–Crippen MR) is 66.8 cm³/mol. The number of benzene rings is 1. The molecule has 1 rings (SSSR count). The van der Waals surface area contributed by atoms with Gasteiger partial charge in [0.1, 0.15) is 0 Å². The fourth-order valence-electron chi connectivity index (χ4n) is 1.26. The molecule has 1 aromatic carbocycles. The predicted octanol–water partition coefficient (Wildman–Crippen LogP) is 3.94. The van der Waals surface area contributed by atoms with Crippen molar-refractivity contribution in [3.05, 3.63) is 33.3 Å². The van der Waals surface area contributed by atoms with E-state index in [1.54, 1.807) is 19.1 Å². The second-order valence-corrected chi connectivity index (χ2v) is 4.44. The molecule has 15 heavy (non-hydrogen) atoms. The Balaban J connectivity index is 2.71. The van der Waals surface area contributed by atoms with E-state index in [2.05, 4.69) is 27.8 Å². The van der Waals surface area contributed by atoms with Crippen molar-refractivity contribution in [2.75, 3.05) is 0 Å². The van der Waals surface area contributed by atoms with Crippen molar-refractivity contribution in [1.29, 1.82) is 0 Å². The highest BCUT2D eigenvalue weighted by Gasteiger charge is 2.10. The zero-order chi connectivity index (χ0) is 11.3. The minimum Gasteiger partial charge on any atom is -0.388 e. The molecule has 0 fully saturated rings. The molecule has 1 unspecified atom stereocenters. The molecule has 1 aromatic rings. The Labute approximate surface area is 104 Å². The average molecular weight is 288 g/mol. The second kappa shape index (κ2) is 6.17. The van der Waals surface area contributed by atoms with E-state index in [0.717, 1.165) is 10.0 Å². The summed E-state index contributed by atoms with van der Waals surface area (Å²) in [4.78, 5) is 0. The number of aliphatic hydroxyl groups excluding tert-OH is 1. The number of rotatable bonds is 3. The fourth-order valence-corrected chi connectivity index (χ4v) is 2.21. The van der Waals surface area contributed by atoms with Crippen LogP contribution in [0.4, 0.5) is 0 Å². The standard InChI is InChI=1S/C12H12BrClO/c1-2-3-4-5-12(15)10-7-6-9(14)8-11(10)13/h6-8,12,15H,4-5H2,1H3. The van der Waals surface area contributed by atoms with Gasteiger partial charge in [0.15, 0.2) is 0 Å². The molecule has 0 spiro atoms. The smallest absolute Gasteiger partial charge is 0.0810 e.